The van der Waals surface area contributed by atoms with Crippen LogP contribution in [0.25, 0.3) is 0 Å². The second-order valence-electron chi connectivity index (χ2n) is 5.64. The van der Waals surface area contributed by atoms with Gasteiger partial charge in [0.2, 0.25) is 5.89 Å². The standard InChI is InChI=1S/C12H19N3O2/c1-12(2)8-15(5-6-16-12)7-10-13-11(14-17-10)9-3-4-9/h9H,3-8H2,1-2H3. The van der Waals surface area contributed by atoms with Crippen LogP contribution >= 0.6 is 0 Å². The Morgan fingerprint density at radius 3 is 2.94 bits per heavy atom. The molecule has 5 heteroatoms. The molecule has 0 atom stereocenters. The zero-order valence-corrected chi connectivity index (χ0v) is 10.5. The van der Waals surface area contributed by atoms with Crippen LogP contribution in [0.4, 0.5) is 0 Å². The molecule has 94 valence electrons. The third kappa shape index (κ3) is 2.66. The summed E-state index contributed by atoms with van der Waals surface area (Å²) in [7, 11) is 0. The molecule has 3 rings (SSSR count). The van der Waals surface area contributed by atoms with Crippen LogP contribution in [0.2, 0.25) is 0 Å². The molecule has 1 aliphatic carbocycles. The Balaban J connectivity index is 1.61. The van der Waals surface area contributed by atoms with Crippen LogP contribution in [0, 0.1) is 0 Å². The maximum Gasteiger partial charge on any atom is 0.240 e. The van der Waals surface area contributed by atoms with Gasteiger partial charge in [-0.25, -0.2) is 0 Å². The third-order valence-corrected chi connectivity index (χ3v) is 3.29. The topological polar surface area (TPSA) is 51.4 Å². The molecule has 2 aliphatic rings. The van der Waals surface area contributed by atoms with Gasteiger partial charge >= 0.3 is 0 Å². The number of hydrogen-bond acceptors (Lipinski definition) is 5. The van der Waals surface area contributed by atoms with Crippen molar-refractivity contribution < 1.29 is 9.26 Å². The van der Waals surface area contributed by atoms with E-state index in [9.17, 15) is 0 Å². The first-order valence-electron chi connectivity index (χ1n) is 6.31. The van der Waals surface area contributed by atoms with Gasteiger partial charge in [-0.2, -0.15) is 4.98 Å². The number of morpholine rings is 1. The van der Waals surface area contributed by atoms with Crippen LogP contribution in [0.3, 0.4) is 0 Å². The van der Waals surface area contributed by atoms with Crippen LogP contribution in [0.15, 0.2) is 4.52 Å². The van der Waals surface area contributed by atoms with Crippen molar-refractivity contribution in [2.24, 2.45) is 0 Å². The number of rotatable bonds is 3. The van der Waals surface area contributed by atoms with E-state index in [1.807, 2.05) is 0 Å². The number of nitrogens with zero attached hydrogens (tertiary/aromatic N) is 3. The molecule has 1 saturated heterocycles. The van der Waals surface area contributed by atoms with E-state index in [1.165, 1.54) is 12.8 Å². The van der Waals surface area contributed by atoms with Crippen molar-refractivity contribution in [3.63, 3.8) is 0 Å². The minimum atomic E-state index is -0.0718. The van der Waals surface area contributed by atoms with Gasteiger partial charge in [-0.05, 0) is 26.7 Å². The van der Waals surface area contributed by atoms with E-state index in [-0.39, 0.29) is 5.60 Å². The van der Waals surface area contributed by atoms with E-state index < -0.39 is 0 Å². The van der Waals surface area contributed by atoms with Crippen molar-refractivity contribution in [3.05, 3.63) is 11.7 Å². The zero-order chi connectivity index (χ0) is 11.9. The summed E-state index contributed by atoms with van der Waals surface area (Å²) in [5, 5.41) is 4.04. The van der Waals surface area contributed by atoms with Gasteiger partial charge < -0.3 is 9.26 Å². The first kappa shape index (κ1) is 11.2. The fourth-order valence-corrected chi connectivity index (χ4v) is 2.28. The van der Waals surface area contributed by atoms with Crippen LogP contribution < -0.4 is 0 Å². The highest BCUT2D eigenvalue weighted by Gasteiger charge is 2.31. The summed E-state index contributed by atoms with van der Waals surface area (Å²) in [4.78, 5) is 6.77. The molecule has 1 aromatic rings. The molecule has 0 aromatic carbocycles. The van der Waals surface area contributed by atoms with Gasteiger partial charge in [-0.15, -0.1) is 0 Å². The van der Waals surface area contributed by atoms with Crippen LogP contribution in [0.5, 0.6) is 0 Å². The highest BCUT2D eigenvalue weighted by molar-refractivity contribution is 5.03. The summed E-state index contributed by atoms with van der Waals surface area (Å²) < 4.78 is 11.0. The number of ether oxygens (including phenoxy) is 1. The van der Waals surface area contributed by atoms with Gasteiger partial charge in [-0.1, -0.05) is 5.16 Å². The summed E-state index contributed by atoms with van der Waals surface area (Å²) in [6, 6.07) is 0. The molecule has 0 bridgehead atoms. The lowest BCUT2D eigenvalue weighted by molar-refractivity contribution is -0.0900. The highest BCUT2D eigenvalue weighted by Crippen LogP contribution is 2.38. The molecule has 0 spiro atoms. The normalized spacial score (nSPS) is 25.1. The van der Waals surface area contributed by atoms with Gasteiger partial charge in [0.15, 0.2) is 5.82 Å². The lowest BCUT2D eigenvalue weighted by Gasteiger charge is -2.37. The SMILES string of the molecule is CC1(C)CN(Cc2nc(C3CC3)no2)CCO1. The fourth-order valence-electron chi connectivity index (χ4n) is 2.28. The predicted molar refractivity (Wildman–Crippen MR) is 61.6 cm³/mol. The quantitative estimate of drug-likeness (QED) is 0.798. The van der Waals surface area contributed by atoms with Gasteiger partial charge in [0.1, 0.15) is 0 Å². The van der Waals surface area contributed by atoms with Crippen molar-refractivity contribution in [2.45, 2.75) is 44.8 Å². The van der Waals surface area contributed by atoms with E-state index in [2.05, 4.69) is 28.9 Å². The first-order valence-corrected chi connectivity index (χ1v) is 6.31. The molecule has 2 heterocycles. The van der Waals surface area contributed by atoms with Gasteiger partial charge in [0, 0.05) is 19.0 Å². The van der Waals surface area contributed by atoms with Crippen LogP contribution in [-0.4, -0.2) is 40.3 Å². The van der Waals surface area contributed by atoms with E-state index in [4.69, 9.17) is 9.26 Å². The summed E-state index contributed by atoms with van der Waals surface area (Å²) in [5.74, 6) is 2.20. The molecule has 0 unspecified atom stereocenters. The third-order valence-electron chi connectivity index (χ3n) is 3.29. The molecule has 5 nitrogen and oxygen atoms in total. The predicted octanol–water partition coefficient (Wildman–Crippen LogP) is 1.56. The Labute approximate surface area is 101 Å². The Morgan fingerprint density at radius 1 is 1.41 bits per heavy atom. The molecule has 1 aliphatic heterocycles. The minimum absolute atomic E-state index is 0.0718. The zero-order valence-electron chi connectivity index (χ0n) is 10.5. The van der Waals surface area contributed by atoms with E-state index in [0.717, 1.165) is 38.0 Å². The van der Waals surface area contributed by atoms with Crippen molar-refractivity contribution >= 4 is 0 Å². The van der Waals surface area contributed by atoms with Gasteiger partial charge in [0.05, 0.1) is 18.8 Å². The lowest BCUT2D eigenvalue weighted by atomic mass is 10.1. The molecule has 17 heavy (non-hydrogen) atoms. The molecular formula is C12H19N3O2. The molecule has 0 radical (unpaired) electrons. The minimum Gasteiger partial charge on any atom is -0.373 e. The van der Waals surface area contributed by atoms with Crippen LogP contribution in [0.1, 0.15) is 44.3 Å². The van der Waals surface area contributed by atoms with Gasteiger partial charge in [-0.3, -0.25) is 4.90 Å². The average Bonchev–Trinajstić information content (AvgIpc) is 2.99. The molecule has 1 saturated carbocycles. The maximum atomic E-state index is 5.68. The summed E-state index contributed by atoms with van der Waals surface area (Å²) in [5.41, 5.74) is -0.0718. The molecule has 2 fully saturated rings. The molecule has 1 aromatic heterocycles. The Kier molecular flexibility index (Phi) is 2.67. The molecule has 0 amide bonds. The maximum absolute atomic E-state index is 5.68. The average molecular weight is 237 g/mol. The summed E-state index contributed by atoms with van der Waals surface area (Å²) in [6.07, 6.45) is 2.42. The number of hydrogen-bond donors (Lipinski definition) is 0. The summed E-state index contributed by atoms with van der Waals surface area (Å²) in [6.45, 7) is 7.59. The monoisotopic (exact) mass is 237 g/mol. The second kappa shape index (κ2) is 4.07. The van der Waals surface area contributed by atoms with E-state index in [0.29, 0.717) is 5.92 Å². The van der Waals surface area contributed by atoms with Crippen molar-refractivity contribution in [2.75, 3.05) is 19.7 Å². The lowest BCUT2D eigenvalue weighted by Crippen LogP contribution is -2.47. The second-order valence-corrected chi connectivity index (χ2v) is 5.64. The Bertz CT molecular complexity index is 398. The summed E-state index contributed by atoms with van der Waals surface area (Å²) >= 11 is 0. The Morgan fingerprint density at radius 2 is 2.24 bits per heavy atom. The molecule has 0 N–H and O–H groups in total. The van der Waals surface area contributed by atoms with Gasteiger partial charge in [0.25, 0.3) is 0 Å². The molecular weight excluding hydrogens is 218 g/mol. The van der Waals surface area contributed by atoms with Crippen molar-refractivity contribution in [3.8, 4) is 0 Å². The number of aromatic nitrogens is 2. The van der Waals surface area contributed by atoms with Crippen molar-refractivity contribution in [1.29, 1.82) is 0 Å². The first-order chi connectivity index (χ1) is 8.12. The van der Waals surface area contributed by atoms with Crippen LogP contribution in [-0.2, 0) is 11.3 Å². The highest BCUT2D eigenvalue weighted by atomic mass is 16.5. The fraction of sp³-hybridized carbons (Fsp3) is 0.833. The van der Waals surface area contributed by atoms with Crippen molar-refractivity contribution in [1.82, 2.24) is 15.0 Å². The van der Waals surface area contributed by atoms with E-state index in [1.54, 1.807) is 0 Å². The smallest absolute Gasteiger partial charge is 0.240 e. The largest absolute Gasteiger partial charge is 0.373 e. The van der Waals surface area contributed by atoms with E-state index >= 15 is 0 Å². The Hall–Kier alpha value is -0.940.